The van der Waals surface area contributed by atoms with E-state index in [-0.39, 0.29) is 29.6 Å². The van der Waals surface area contributed by atoms with E-state index in [2.05, 4.69) is 17.2 Å². The molecular formula is C24H29FN4O3S. The predicted molar refractivity (Wildman–Crippen MR) is 125 cm³/mol. The van der Waals surface area contributed by atoms with Gasteiger partial charge in [0.1, 0.15) is 11.6 Å². The number of imidazole rings is 1. The van der Waals surface area contributed by atoms with Gasteiger partial charge in [-0.15, -0.1) is 0 Å². The van der Waals surface area contributed by atoms with E-state index in [1.807, 2.05) is 10.6 Å². The Hall–Kier alpha value is -2.78. The van der Waals surface area contributed by atoms with Crippen LogP contribution in [0, 0.1) is 5.82 Å². The van der Waals surface area contributed by atoms with E-state index in [4.69, 9.17) is 0 Å². The van der Waals surface area contributed by atoms with Crippen LogP contribution < -0.4 is 5.32 Å². The Labute approximate surface area is 193 Å². The zero-order chi connectivity index (χ0) is 23.4. The van der Waals surface area contributed by atoms with Crippen molar-refractivity contribution < 1.29 is 17.6 Å². The fourth-order valence-corrected chi connectivity index (χ4v) is 5.75. The van der Waals surface area contributed by atoms with Crippen LogP contribution >= 0.6 is 0 Å². The predicted octanol–water partition coefficient (Wildman–Crippen LogP) is 3.62. The maximum Gasteiger partial charge on any atom is 0.243 e. The van der Waals surface area contributed by atoms with Gasteiger partial charge in [-0.2, -0.15) is 4.31 Å². The second-order valence-corrected chi connectivity index (χ2v) is 10.2. The van der Waals surface area contributed by atoms with Gasteiger partial charge < -0.3 is 9.88 Å². The van der Waals surface area contributed by atoms with Crippen LogP contribution in [0.15, 0.2) is 47.4 Å². The molecule has 1 fully saturated rings. The number of hydrogen-bond acceptors (Lipinski definition) is 4. The third-order valence-corrected chi connectivity index (χ3v) is 7.85. The maximum absolute atomic E-state index is 13.8. The Kier molecular flexibility index (Phi) is 7.09. The average molecular weight is 473 g/mol. The number of amides is 1. The van der Waals surface area contributed by atoms with Crippen LogP contribution in [0.3, 0.4) is 0 Å². The molecule has 0 spiro atoms. The number of benzene rings is 2. The molecule has 0 radical (unpaired) electrons. The minimum Gasteiger partial charge on any atom is -0.352 e. The summed E-state index contributed by atoms with van der Waals surface area (Å²) >= 11 is 0. The molecule has 3 aromatic rings. The highest BCUT2D eigenvalue weighted by molar-refractivity contribution is 7.89. The van der Waals surface area contributed by atoms with Crippen molar-refractivity contribution in [3.05, 3.63) is 59.7 Å². The molecule has 1 aromatic heterocycles. The second kappa shape index (κ2) is 10.0. The van der Waals surface area contributed by atoms with E-state index < -0.39 is 10.0 Å². The Morgan fingerprint density at radius 2 is 1.91 bits per heavy atom. The third kappa shape index (κ3) is 5.09. The van der Waals surface area contributed by atoms with Gasteiger partial charge in [-0.1, -0.05) is 25.1 Å². The van der Waals surface area contributed by atoms with Gasteiger partial charge in [0.15, 0.2) is 0 Å². The van der Waals surface area contributed by atoms with Crippen molar-refractivity contribution in [1.82, 2.24) is 19.2 Å². The third-order valence-electron chi connectivity index (χ3n) is 5.96. The molecule has 1 saturated heterocycles. The van der Waals surface area contributed by atoms with E-state index >= 15 is 0 Å². The highest BCUT2D eigenvalue weighted by Gasteiger charge is 2.27. The molecule has 0 saturated carbocycles. The molecular weight excluding hydrogens is 443 g/mol. The van der Waals surface area contributed by atoms with Crippen LogP contribution in [-0.4, -0.2) is 41.3 Å². The number of nitrogens with one attached hydrogen (secondary N) is 1. The summed E-state index contributed by atoms with van der Waals surface area (Å²) in [6, 6.07) is 11.4. The van der Waals surface area contributed by atoms with Crippen molar-refractivity contribution in [2.45, 2.75) is 57.0 Å². The lowest BCUT2D eigenvalue weighted by Crippen LogP contribution is -2.27. The number of carbonyl (C=O) groups excluding carboxylic acids is 1. The van der Waals surface area contributed by atoms with Gasteiger partial charge in [-0.05, 0) is 43.5 Å². The highest BCUT2D eigenvalue weighted by atomic mass is 32.2. The number of rotatable bonds is 9. The number of halogens is 1. The molecule has 1 amide bonds. The SMILES string of the molecule is CCCn1c(CCC(=O)NCc2ccccc2F)nc2cc(S(=O)(=O)N3CCCC3)ccc21. The molecule has 2 heterocycles. The summed E-state index contributed by atoms with van der Waals surface area (Å²) in [7, 11) is -3.52. The number of aromatic nitrogens is 2. The summed E-state index contributed by atoms with van der Waals surface area (Å²) in [5, 5.41) is 2.75. The van der Waals surface area contributed by atoms with E-state index in [0.717, 1.165) is 37.1 Å². The van der Waals surface area contributed by atoms with Crippen LogP contribution in [0.4, 0.5) is 4.39 Å². The minimum atomic E-state index is -3.52. The summed E-state index contributed by atoms with van der Waals surface area (Å²) in [5.74, 6) is 0.205. The van der Waals surface area contributed by atoms with Crippen molar-refractivity contribution in [2.24, 2.45) is 0 Å². The van der Waals surface area contributed by atoms with Crippen LogP contribution in [0.1, 0.15) is 44.0 Å². The zero-order valence-corrected chi connectivity index (χ0v) is 19.6. The van der Waals surface area contributed by atoms with Crippen molar-refractivity contribution in [2.75, 3.05) is 13.1 Å². The number of hydrogen-bond donors (Lipinski definition) is 1. The first-order chi connectivity index (χ1) is 15.9. The highest BCUT2D eigenvalue weighted by Crippen LogP contribution is 2.26. The van der Waals surface area contributed by atoms with Crippen molar-refractivity contribution in [1.29, 1.82) is 0 Å². The lowest BCUT2D eigenvalue weighted by Gasteiger charge is -2.15. The standard InChI is InChI=1S/C24H29FN4O3S/c1-2-13-29-22-10-9-19(33(31,32)28-14-5-6-15-28)16-21(22)27-23(29)11-12-24(30)26-17-18-7-3-4-8-20(18)25/h3-4,7-10,16H,2,5-6,11-15,17H2,1H3,(H,26,30). The first kappa shape index (κ1) is 23.4. The van der Waals surface area contributed by atoms with Gasteiger partial charge in [-0.25, -0.2) is 17.8 Å². The van der Waals surface area contributed by atoms with Crippen LogP contribution in [0.25, 0.3) is 11.0 Å². The van der Waals surface area contributed by atoms with E-state index in [1.165, 1.54) is 10.4 Å². The molecule has 33 heavy (non-hydrogen) atoms. The van der Waals surface area contributed by atoms with Gasteiger partial charge >= 0.3 is 0 Å². The normalized spacial score (nSPS) is 14.7. The number of fused-ring (bicyclic) bond motifs is 1. The van der Waals surface area contributed by atoms with Crippen molar-refractivity contribution >= 4 is 27.0 Å². The molecule has 0 unspecified atom stereocenters. The number of carbonyl (C=O) groups is 1. The number of aryl methyl sites for hydroxylation is 2. The summed E-state index contributed by atoms with van der Waals surface area (Å²) in [6.45, 7) is 4.02. The first-order valence-electron chi connectivity index (χ1n) is 11.4. The summed E-state index contributed by atoms with van der Waals surface area (Å²) in [5.41, 5.74) is 1.92. The van der Waals surface area contributed by atoms with E-state index in [9.17, 15) is 17.6 Å². The monoisotopic (exact) mass is 472 g/mol. The van der Waals surface area contributed by atoms with Crippen LogP contribution in [-0.2, 0) is 34.3 Å². The first-order valence-corrected chi connectivity index (χ1v) is 12.8. The van der Waals surface area contributed by atoms with Crippen molar-refractivity contribution in [3.8, 4) is 0 Å². The quantitative estimate of drug-likeness (QED) is 0.516. The molecule has 0 bridgehead atoms. The van der Waals surface area contributed by atoms with Gasteiger partial charge in [0.25, 0.3) is 0 Å². The topological polar surface area (TPSA) is 84.3 Å². The largest absolute Gasteiger partial charge is 0.352 e. The molecule has 176 valence electrons. The molecule has 7 nitrogen and oxygen atoms in total. The zero-order valence-electron chi connectivity index (χ0n) is 18.8. The molecule has 4 rings (SSSR count). The molecule has 9 heteroatoms. The van der Waals surface area contributed by atoms with Gasteiger partial charge in [0.2, 0.25) is 15.9 Å². The molecule has 1 aliphatic rings. The molecule has 0 aliphatic carbocycles. The lowest BCUT2D eigenvalue weighted by molar-refractivity contribution is -0.121. The number of nitrogens with zero attached hydrogens (tertiary/aromatic N) is 3. The smallest absolute Gasteiger partial charge is 0.243 e. The van der Waals surface area contributed by atoms with Gasteiger partial charge in [0.05, 0.1) is 15.9 Å². The summed E-state index contributed by atoms with van der Waals surface area (Å²) in [4.78, 5) is 17.3. The second-order valence-electron chi connectivity index (χ2n) is 8.31. The summed E-state index contributed by atoms with van der Waals surface area (Å²) in [6.07, 6.45) is 3.27. The Morgan fingerprint density at radius 1 is 1.15 bits per heavy atom. The fraction of sp³-hybridized carbons (Fsp3) is 0.417. The fourth-order valence-electron chi connectivity index (χ4n) is 4.21. The lowest BCUT2D eigenvalue weighted by atomic mass is 10.2. The van der Waals surface area contributed by atoms with Crippen LogP contribution in [0.5, 0.6) is 0 Å². The Balaban J connectivity index is 1.50. The average Bonchev–Trinajstić information content (AvgIpc) is 3.46. The Bertz CT molecular complexity index is 1250. The van der Waals surface area contributed by atoms with Gasteiger partial charge in [-0.3, -0.25) is 4.79 Å². The van der Waals surface area contributed by atoms with E-state index in [1.54, 1.807) is 30.3 Å². The van der Waals surface area contributed by atoms with Crippen molar-refractivity contribution in [3.63, 3.8) is 0 Å². The number of sulfonamides is 1. The van der Waals surface area contributed by atoms with Crippen LogP contribution in [0.2, 0.25) is 0 Å². The summed E-state index contributed by atoms with van der Waals surface area (Å²) < 4.78 is 43.2. The molecule has 2 aromatic carbocycles. The maximum atomic E-state index is 13.8. The Morgan fingerprint density at radius 3 is 2.64 bits per heavy atom. The molecule has 1 N–H and O–H groups in total. The molecule has 0 atom stereocenters. The minimum absolute atomic E-state index is 0.134. The van der Waals surface area contributed by atoms with E-state index in [0.29, 0.717) is 30.6 Å². The van der Waals surface area contributed by atoms with Gasteiger partial charge in [0, 0.05) is 44.6 Å². The molecule has 1 aliphatic heterocycles.